The number of methoxy groups -OCH3 is 2. The van der Waals surface area contributed by atoms with Crippen molar-refractivity contribution in [3.05, 3.63) is 47.3 Å². The lowest BCUT2D eigenvalue weighted by Crippen LogP contribution is -2.12. The van der Waals surface area contributed by atoms with Crippen molar-refractivity contribution in [2.45, 2.75) is 13.3 Å². The highest BCUT2D eigenvalue weighted by atomic mass is 16.5. The Morgan fingerprint density at radius 1 is 1.10 bits per heavy atom. The fourth-order valence-corrected chi connectivity index (χ4v) is 2.12. The number of nitrogens with zero attached hydrogens (tertiary/aromatic N) is 2. The summed E-state index contributed by atoms with van der Waals surface area (Å²) in [6.45, 7) is 1.88. The van der Waals surface area contributed by atoms with Crippen LogP contribution < -0.4 is 0 Å². The van der Waals surface area contributed by atoms with Crippen molar-refractivity contribution in [2.75, 3.05) is 14.2 Å². The van der Waals surface area contributed by atoms with Gasteiger partial charge in [-0.15, -0.1) is 0 Å². The van der Waals surface area contributed by atoms with E-state index in [1.807, 2.05) is 37.3 Å². The zero-order chi connectivity index (χ0) is 15.4. The number of hydrogen-bond acceptors (Lipinski definition) is 5. The number of carbonyl (C=O) groups is 2. The molecular weight excluding hydrogens is 272 g/mol. The number of benzene rings is 1. The van der Waals surface area contributed by atoms with Crippen LogP contribution in [0.15, 0.2) is 30.3 Å². The molecule has 0 fully saturated rings. The Labute approximate surface area is 122 Å². The summed E-state index contributed by atoms with van der Waals surface area (Å²) in [7, 11) is 2.51. The minimum Gasteiger partial charge on any atom is -0.465 e. The van der Waals surface area contributed by atoms with Gasteiger partial charge in [0.1, 0.15) is 5.56 Å². The smallest absolute Gasteiger partial charge is 0.359 e. The Morgan fingerprint density at radius 2 is 1.71 bits per heavy atom. The van der Waals surface area contributed by atoms with Gasteiger partial charge in [0.15, 0.2) is 5.69 Å². The van der Waals surface area contributed by atoms with Crippen LogP contribution in [0.3, 0.4) is 0 Å². The van der Waals surface area contributed by atoms with E-state index >= 15 is 0 Å². The van der Waals surface area contributed by atoms with E-state index in [0.29, 0.717) is 12.1 Å². The SMILES string of the molecule is CCc1c(C(=O)OC)c(C(=O)OC)nn1-c1ccccc1. The third-order valence-corrected chi connectivity index (χ3v) is 3.08. The van der Waals surface area contributed by atoms with E-state index in [-0.39, 0.29) is 11.3 Å². The first-order chi connectivity index (χ1) is 10.1. The van der Waals surface area contributed by atoms with Gasteiger partial charge in [-0.1, -0.05) is 25.1 Å². The third kappa shape index (κ3) is 2.65. The third-order valence-electron chi connectivity index (χ3n) is 3.08. The Balaban J connectivity index is 2.70. The molecule has 0 spiro atoms. The average molecular weight is 288 g/mol. The zero-order valence-electron chi connectivity index (χ0n) is 12.1. The predicted molar refractivity (Wildman–Crippen MR) is 75.6 cm³/mol. The van der Waals surface area contributed by atoms with Crippen LogP contribution >= 0.6 is 0 Å². The van der Waals surface area contributed by atoms with Crippen molar-refractivity contribution in [3.8, 4) is 5.69 Å². The summed E-state index contributed by atoms with van der Waals surface area (Å²) >= 11 is 0. The largest absolute Gasteiger partial charge is 0.465 e. The minimum absolute atomic E-state index is 0.0370. The molecule has 21 heavy (non-hydrogen) atoms. The van der Waals surface area contributed by atoms with Crippen molar-refractivity contribution in [1.82, 2.24) is 9.78 Å². The summed E-state index contributed by atoms with van der Waals surface area (Å²) in [5, 5.41) is 4.23. The van der Waals surface area contributed by atoms with Crippen LogP contribution in [0.5, 0.6) is 0 Å². The van der Waals surface area contributed by atoms with Crippen LogP contribution in [0.25, 0.3) is 5.69 Å². The number of ether oxygens (including phenoxy) is 2. The number of aromatic nitrogens is 2. The number of para-hydroxylation sites is 1. The average Bonchev–Trinajstić information content (AvgIpc) is 2.93. The minimum atomic E-state index is -0.667. The molecule has 0 N–H and O–H groups in total. The van der Waals surface area contributed by atoms with Gasteiger partial charge in [0.2, 0.25) is 0 Å². The maximum Gasteiger partial charge on any atom is 0.359 e. The standard InChI is InChI=1S/C15H16N2O4/c1-4-11-12(14(18)20-2)13(15(19)21-3)16-17(11)10-8-6-5-7-9-10/h5-9H,4H2,1-3H3. The van der Waals surface area contributed by atoms with Crippen molar-refractivity contribution >= 4 is 11.9 Å². The summed E-state index contributed by atoms with van der Waals surface area (Å²) in [6, 6.07) is 9.27. The molecule has 0 saturated heterocycles. The molecule has 2 aromatic rings. The first-order valence-electron chi connectivity index (χ1n) is 6.48. The van der Waals surface area contributed by atoms with Gasteiger partial charge in [-0.25, -0.2) is 14.3 Å². The quantitative estimate of drug-likeness (QED) is 0.805. The molecule has 110 valence electrons. The molecule has 0 radical (unpaired) electrons. The van der Waals surface area contributed by atoms with Crippen LogP contribution in [-0.2, 0) is 15.9 Å². The maximum absolute atomic E-state index is 12.0. The van der Waals surface area contributed by atoms with E-state index in [0.717, 1.165) is 5.69 Å². The lowest BCUT2D eigenvalue weighted by Gasteiger charge is -2.06. The molecule has 6 heteroatoms. The zero-order valence-corrected chi connectivity index (χ0v) is 12.1. The van der Waals surface area contributed by atoms with Gasteiger partial charge in [-0.05, 0) is 18.6 Å². The van der Waals surface area contributed by atoms with Gasteiger partial charge in [-0.2, -0.15) is 5.10 Å². The van der Waals surface area contributed by atoms with E-state index in [4.69, 9.17) is 9.47 Å². The van der Waals surface area contributed by atoms with Crippen molar-refractivity contribution in [2.24, 2.45) is 0 Å². The molecule has 6 nitrogen and oxygen atoms in total. The molecule has 2 rings (SSSR count). The molecule has 0 aliphatic rings. The highest BCUT2D eigenvalue weighted by molar-refractivity contribution is 6.02. The maximum atomic E-state index is 12.0. The summed E-state index contributed by atoms with van der Waals surface area (Å²) in [5.41, 5.74) is 1.48. The van der Waals surface area contributed by atoms with Crippen molar-refractivity contribution in [3.63, 3.8) is 0 Å². The second-order valence-electron chi connectivity index (χ2n) is 4.25. The summed E-state index contributed by atoms with van der Waals surface area (Å²) in [6.07, 6.45) is 0.517. The summed E-state index contributed by atoms with van der Waals surface area (Å²) in [4.78, 5) is 23.9. The fourth-order valence-electron chi connectivity index (χ4n) is 2.12. The number of esters is 2. The van der Waals surface area contributed by atoms with E-state index in [1.54, 1.807) is 4.68 Å². The lowest BCUT2D eigenvalue weighted by molar-refractivity contribution is 0.0551. The monoisotopic (exact) mass is 288 g/mol. The van der Waals surface area contributed by atoms with Crippen LogP contribution in [0.4, 0.5) is 0 Å². The van der Waals surface area contributed by atoms with E-state index in [1.165, 1.54) is 14.2 Å². The predicted octanol–water partition coefficient (Wildman–Crippen LogP) is 2.01. The highest BCUT2D eigenvalue weighted by Gasteiger charge is 2.28. The molecule has 0 aliphatic heterocycles. The van der Waals surface area contributed by atoms with Crippen molar-refractivity contribution in [1.29, 1.82) is 0 Å². The van der Waals surface area contributed by atoms with Crippen LogP contribution in [0, 0.1) is 0 Å². The van der Waals surface area contributed by atoms with Crippen LogP contribution in [0.1, 0.15) is 33.5 Å². The molecule has 1 aromatic carbocycles. The molecule has 0 unspecified atom stereocenters. The van der Waals surface area contributed by atoms with Gasteiger partial charge in [0.05, 0.1) is 25.6 Å². The Morgan fingerprint density at radius 3 is 2.24 bits per heavy atom. The molecule has 0 amide bonds. The number of carbonyl (C=O) groups excluding carboxylic acids is 2. The van der Waals surface area contributed by atoms with Gasteiger partial charge >= 0.3 is 11.9 Å². The van der Waals surface area contributed by atoms with Gasteiger partial charge in [0.25, 0.3) is 0 Å². The fraction of sp³-hybridized carbons (Fsp3) is 0.267. The van der Waals surface area contributed by atoms with Gasteiger partial charge in [-0.3, -0.25) is 0 Å². The van der Waals surface area contributed by atoms with E-state index in [9.17, 15) is 9.59 Å². The number of hydrogen-bond donors (Lipinski definition) is 0. The van der Waals surface area contributed by atoms with E-state index < -0.39 is 11.9 Å². The Kier molecular flexibility index (Phi) is 4.37. The Bertz CT molecular complexity index is 662. The first-order valence-corrected chi connectivity index (χ1v) is 6.48. The number of rotatable bonds is 4. The molecule has 0 atom stereocenters. The van der Waals surface area contributed by atoms with Gasteiger partial charge in [0, 0.05) is 0 Å². The summed E-state index contributed by atoms with van der Waals surface area (Å²) in [5.74, 6) is -1.27. The lowest BCUT2D eigenvalue weighted by atomic mass is 10.1. The van der Waals surface area contributed by atoms with Gasteiger partial charge < -0.3 is 9.47 Å². The topological polar surface area (TPSA) is 70.4 Å². The molecule has 1 heterocycles. The molecule has 0 saturated carbocycles. The van der Waals surface area contributed by atoms with Crippen molar-refractivity contribution < 1.29 is 19.1 Å². The van der Waals surface area contributed by atoms with E-state index in [2.05, 4.69) is 5.10 Å². The first kappa shape index (κ1) is 14.8. The highest BCUT2D eigenvalue weighted by Crippen LogP contribution is 2.21. The Hall–Kier alpha value is -2.63. The second kappa shape index (κ2) is 6.21. The molecule has 0 bridgehead atoms. The molecule has 0 aliphatic carbocycles. The molecule has 1 aromatic heterocycles. The second-order valence-corrected chi connectivity index (χ2v) is 4.25. The normalized spacial score (nSPS) is 10.2. The summed E-state index contributed by atoms with van der Waals surface area (Å²) < 4.78 is 11.0. The molecular formula is C15H16N2O4. The van der Waals surface area contributed by atoms with Crippen LogP contribution in [0.2, 0.25) is 0 Å². The van der Waals surface area contributed by atoms with Crippen LogP contribution in [-0.4, -0.2) is 35.9 Å².